The molecule has 0 amide bonds. The molecular formula is C13H19N2OS. The predicted molar refractivity (Wildman–Crippen MR) is 73.8 cm³/mol. The summed E-state index contributed by atoms with van der Waals surface area (Å²) < 4.78 is 5.25. The first kappa shape index (κ1) is 12.6. The Hall–Kier alpha value is -0.870. The summed E-state index contributed by atoms with van der Waals surface area (Å²) in [5.41, 5.74) is 1.24. The smallest absolute Gasteiger partial charge is 0.120 e. The molecule has 2 rings (SSSR count). The van der Waals surface area contributed by atoms with Gasteiger partial charge in [0.05, 0.1) is 12.5 Å². The summed E-state index contributed by atoms with van der Waals surface area (Å²) in [6.07, 6.45) is 0. The maximum atomic E-state index is 5.28. The van der Waals surface area contributed by atoms with Crippen LogP contribution >= 0.6 is 12.6 Å². The monoisotopic (exact) mass is 251 g/mol. The van der Waals surface area contributed by atoms with Gasteiger partial charge in [-0.1, -0.05) is 18.7 Å². The summed E-state index contributed by atoms with van der Waals surface area (Å²) >= 11 is 5.28. The second-order valence-corrected chi connectivity index (χ2v) is 5.01. The molecule has 17 heavy (non-hydrogen) atoms. The number of methoxy groups -OCH3 is 1. The van der Waals surface area contributed by atoms with Crippen molar-refractivity contribution in [2.75, 3.05) is 38.2 Å². The van der Waals surface area contributed by atoms with Crippen LogP contribution in [0.4, 0.5) is 5.69 Å². The largest absolute Gasteiger partial charge is 0.497 e. The number of benzene rings is 1. The van der Waals surface area contributed by atoms with E-state index in [4.69, 9.17) is 17.4 Å². The van der Waals surface area contributed by atoms with Crippen LogP contribution in [0.15, 0.2) is 24.3 Å². The first-order valence-corrected chi connectivity index (χ1v) is 6.46. The van der Waals surface area contributed by atoms with Gasteiger partial charge in [0.25, 0.3) is 0 Å². The molecule has 0 N–H and O–H groups in total. The van der Waals surface area contributed by atoms with Crippen molar-refractivity contribution in [3.05, 3.63) is 24.3 Å². The van der Waals surface area contributed by atoms with Crippen molar-refractivity contribution in [3.8, 4) is 5.75 Å². The van der Waals surface area contributed by atoms with Crippen LogP contribution in [0, 0.1) is 0 Å². The van der Waals surface area contributed by atoms with Gasteiger partial charge >= 0.3 is 0 Å². The molecule has 0 saturated carbocycles. The molecule has 93 valence electrons. The minimum atomic E-state index is 0.238. The topological polar surface area (TPSA) is 15.7 Å². The molecule has 1 aromatic carbocycles. The lowest BCUT2D eigenvalue weighted by atomic mass is 10.2. The molecule has 0 aliphatic carbocycles. The first-order valence-electron chi connectivity index (χ1n) is 5.99. The lowest BCUT2D eigenvalue weighted by Crippen LogP contribution is -2.48. The summed E-state index contributed by atoms with van der Waals surface area (Å²) in [5.74, 6) is 0.918. The number of rotatable bonds is 3. The van der Waals surface area contributed by atoms with E-state index in [1.165, 1.54) is 5.69 Å². The molecule has 0 spiro atoms. The van der Waals surface area contributed by atoms with E-state index >= 15 is 0 Å². The van der Waals surface area contributed by atoms with Crippen molar-refractivity contribution in [1.29, 1.82) is 0 Å². The van der Waals surface area contributed by atoms with Gasteiger partial charge in [-0.3, -0.25) is 4.90 Å². The number of nitrogens with zero attached hydrogens (tertiary/aromatic N) is 2. The maximum absolute atomic E-state index is 5.28. The van der Waals surface area contributed by atoms with Crippen molar-refractivity contribution in [2.24, 2.45) is 0 Å². The summed E-state index contributed by atoms with van der Waals surface area (Å²) in [4.78, 5) is 4.72. The van der Waals surface area contributed by atoms with Crippen molar-refractivity contribution in [3.63, 3.8) is 0 Å². The Morgan fingerprint density at radius 1 is 1.24 bits per heavy atom. The van der Waals surface area contributed by atoms with E-state index in [0.29, 0.717) is 0 Å². The lowest BCUT2D eigenvalue weighted by Gasteiger charge is -2.37. The molecule has 1 radical (unpaired) electrons. The number of anilines is 1. The first-order chi connectivity index (χ1) is 8.20. The Kier molecular flexibility index (Phi) is 4.18. The second-order valence-electron chi connectivity index (χ2n) is 4.32. The molecule has 4 heteroatoms. The Labute approximate surface area is 109 Å². The van der Waals surface area contributed by atoms with Gasteiger partial charge in [0.2, 0.25) is 0 Å². The van der Waals surface area contributed by atoms with Gasteiger partial charge in [-0.15, -0.1) is 0 Å². The van der Waals surface area contributed by atoms with Crippen LogP contribution in [0.2, 0.25) is 0 Å². The average Bonchev–Trinajstić information content (AvgIpc) is 2.39. The third kappa shape index (κ3) is 3.07. The molecule has 0 aromatic heterocycles. The molecule has 1 atom stereocenters. The van der Waals surface area contributed by atoms with Crippen LogP contribution in [0.25, 0.3) is 0 Å². The zero-order valence-corrected chi connectivity index (χ0v) is 11.2. The molecule has 1 heterocycles. The number of ether oxygens (including phenoxy) is 1. The standard InChI is InChI=1S/C13H19N2OS/c1-11(17)14-6-8-15(9-7-14)12-4-3-5-13(10-12)16-2/h3-5,10-11H,6-9H2,1-2H3. The van der Waals surface area contributed by atoms with E-state index in [1.54, 1.807) is 7.11 Å². The van der Waals surface area contributed by atoms with Gasteiger partial charge in [0.15, 0.2) is 0 Å². The van der Waals surface area contributed by atoms with Gasteiger partial charge in [-0.25, -0.2) is 0 Å². The highest BCUT2D eigenvalue weighted by Crippen LogP contribution is 2.22. The van der Waals surface area contributed by atoms with Gasteiger partial charge in [0, 0.05) is 37.9 Å². The van der Waals surface area contributed by atoms with Crippen LogP contribution in [-0.2, 0) is 0 Å². The van der Waals surface area contributed by atoms with Crippen molar-refractivity contribution < 1.29 is 4.74 Å². The third-order valence-corrected chi connectivity index (χ3v) is 3.55. The van der Waals surface area contributed by atoms with Crippen molar-refractivity contribution in [1.82, 2.24) is 4.90 Å². The van der Waals surface area contributed by atoms with E-state index in [1.807, 2.05) is 12.1 Å². The summed E-state index contributed by atoms with van der Waals surface area (Å²) in [6, 6.07) is 8.24. The summed E-state index contributed by atoms with van der Waals surface area (Å²) in [7, 11) is 1.70. The van der Waals surface area contributed by atoms with Crippen molar-refractivity contribution in [2.45, 2.75) is 12.3 Å². The van der Waals surface area contributed by atoms with E-state index < -0.39 is 0 Å². The Morgan fingerprint density at radius 3 is 2.53 bits per heavy atom. The minimum Gasteiger partial charge on any atom is -0.497 e. The molecule has 3 nitrogen and oxygen atoms in total. The SMILES string of the molecule is COc1cccc(N2CCN(C(C)[S])CC2)c1. The van der Waals surface area contributed by atoms with E-state index in [9.17, 15) is 0 Å². The minimum absolute atomic E-state index is 0.238. The quantitative estimate of drug-likeness (QED) is 0.820. The Morgan fingerprint density at radius 2 is 1.94 bits per heavy atom. The fourth-order valence-electron chi connectivity index (χ4n) is 2.15. The predicted octanol–water partition coefficient (Wildman–Crippen LogP) is 2.36. The van der Waals surface area contributed by atoms with E-state index in [-0.39, 0.29) is 5.37 Å². The fourth-order valence-corrected chi connectivity index (χ4v) is 2.36. The molecule has 1 fully saturated rings. The lowest BCUT2D eigenvalue weighted by molar-refractivity contribution is 0.252. The van der Waals surface area contributed by atoms with Crippen LogP contribution < -0.4 is 9.64 Å². The fraction of sp³-hybridized carbons (Fsp3) is 0.538. The summed E-state index contributed by atoms with van der Waals surface area (Å²) in [5, 5.41) is 0.238. The molecule has 1 unspecified atom stereocenters. The van der Waals surface area contributed by atoms with Gasteiger partial charge in [0.1, 0.15) is 5.75 Å². The van der Waals surface area contributed by atoms with Crippen LogP contribution in [0.3, 0.4) is 0 Å². The number of hydrogen-bond donors (Lipinski definition) is 0. The van der Waals surface area contributed by atoms with Crippen LogP contribution in [0.5, 0.6) is 5.75 Å². The van der Waals surface area contributed by atoms with Gasteiger partial charge in [-0.05, 0) is 19.1 Å². The van der Waals surface area contributed by atoms with Gasteiger partial charge in [-0.2, -0.15) is 0 Å². The molecule has 1 aliphatic rings. The molecule has 1 aromatic rings. The Bertz CT molecular complexity index is 362. The number of hydrogen-bond acceptors (Lipinski definition) is 3. The Balaban J connectivity index is 2.00. The third-order valence-electron chi connectivity index (χ3n) is 3.25. The maximum Gasteiger partial charge on any atom is 0.120 e. The number of piperazine rings is 1. The van der Waals surface area contributed by atoms with E-state index in [2.05, 4.69) is 28.9 Å². The normalized spacial score (nSPS) is 19.1. The molecular weight excluding hydrogens is 232 g/mol. The zero-order valence-electron chi connectivity index (χ0n) is 10.4. The highest BCUT2D eigenvalue weighted by Gasteiger charge is 2.19. The average molecular weight is 251 g/mol. The zero-order chi connectivity index (χ0) is 12.3. The van der Waals surface area contributed by atoms with Crippen LogP contribution in [0.1, 0.15) is 6.92 Å². The van der Waals surface area contributed by atoms with Crippen molar-refractivity contribution >= 4 is 18.3 Å². The van der Waals surface area contributed by atoms with Gasteiger partial charge < -0.3 is 9.64 Å². The molecule has 0 bridgehead atoms. The highest BCUT2D eigenvalue weighted by molar-refractivity contribution is 7.80. The second kappa shape index (κ2) is 5.65. The van der Waals surface area contributed by atoms with Crippen LogP contribution in [-0.4, -0.2) is 43.6 Å². The molecule has 1 aliphatic heterocycles. The summed E-state index contributed by atoms with van der Waals surface area (Å²) in [6.45, 7) is 6.24. The van der Waals surface area contributed by atoms with E-state index in [0.717, 1.165) is 31.9 Å². The molecule has 1 saturated heterocycles. The highest BCUT2D eigenvalue weighted by atomic mass is 32.1.